The van der Waals surface area contributed by atoms with Gasteiger partial charge in [-0.3, -0.25) is 9.78 Å². The molecule has 12 heteroatoms. The average Bonchev–Trinajstić information content (AvgIpc) is 2.72. The number of benzene rings is 1. The number of nitrogens with one attached hydrogen (secondary N) is 2. The molecular formula is C20H16F6N4O2. The van der Waals surface area contributed by atoms with Crippen LogP contribution in [0.3, 0.4) is 0 Å². The number of amides is 1. The molecule has 1 heterocycles. The normalized spacial score (nSPS) is 13.3. The molecule has 32 heavy (non-hydrogen) atoms. The lowest BCUT2D eigenvalue weighted by molar-refractivity contribution is -0.376. The number of nitrogens with two attached hydrogens (primary N) is 1. The minimum Gasteiger partial charge on any atom is -0.404 e. The Morgan fingerprint density at radius 1 is 1.06 bits per heavy atom. The van der Waals surface area contributed by atoms with Gasteiger partial charge in [-0.1, -0.05) is 12.1 Å². The fourth-order valence-corrected chi connectivity index (χ4v) is 2.65. The number of carbonyl (C=O) groups excluding carboxylic acids is 1. The van der Waals surface area contributed by atoms with Crippen LogP contribution in [0.1, 0.15) is 16.7 Å². The van der Waals surface area contributed by atoms with Crippen molar-refractivity contribution < 1.29 is 36.2 Å². The van der Waals surface area contributed by atoms with Gasteiger partial charge in [0, 0.05) is 53.3 Å². The Morgan fingerprint density at radius 3 is 2.16 bits per heavy atom. The van der Waals surface area contributed by atoms with Crippen LogP contribution in [0.5, 0.6) is 0 Å². The van der Waals surface area contributed by atoms with Crippen LogP contribution in [-0.4, -0.2) is 34.6 Å². The fourth-order valence-electron chi connectivity index (χ4n) is 2.65. The molecule has 1 amide bonds. The van der Waals surface area contributed by atoms with E-state index in [1.165, 1.54) is 24.7 Å². The van der Waals surface area contributed by atoms with E-state index in [-0.39, 0.29) is 5.69 Å². The summed E-state index contributed by atoms with van der Waals surface area (Å²) in [6, 6.07) is 3.99. The molecule has 0 bridgehead atoms. The van der Waals surface area contributed by atoms with Crippen LogP contribution in [0.25, 0.3) is 11.6 Å². The first kappa shape index (κ1) is 24.6. The molecule has 0 aliphatic heterocycles. The molecule has 5 N–H and O–H groups in total. The van der Waals surface area contributed by atoms with Gasteiger partial charge < -0.3 is 21.6 Å². The summed E-state index contributed by atoms with van der Waals surface area (Å²) in [6.07, 6.45) is -4.59. The van der Waals surface area contributed by atoms with Crippen molar-refractivity contribution >= 4 is 29.5 Å². The minimum absolute atomic E-state index is 0.108. The van der Waals surface area contributed by atoms with Crippen LogP contribution in [0.15, 0.2) is 55.0 Å². The number of rotatable bonds is 6. The van der Waals surface area contributed by atoms with E-state index in [1.54, 1.807) is 6.07 Å². The molecule has 0 unspecified atom stereocenters. The van der Waals surface area contributed by atoms with Crippen LogP contribution in [0.2, 0.25) is 0 Å². The van der Waals surface area contributed by atoms with Crippen LogP contribution in [0.4, 0.5) is 32.0 Å². The van der Waals surface area contributed by atoms with Crippen molar-refractivity contribution in [3.63, 3.8) is 0 Å². The smallest absolute Gasteiger partial charge is 0.404 e. The zero-order chi connectivity index (χ0) is 24.2. The largest absolute Gasteiger partial charge is 0.430 e. The second kappa shape index (κ2) is 9.22. The highest BCUT2D eigenvalue weighted by atomic mass is 19.4. The number of aromatic nitrogens is 1. The van der Waals surface area contributed by atoms with E-state index in [0.29, 0.717) is 28.8 Å². The van der Waals surface area contributed by atoms with E-state index < -0.39 is 29.4 Å². The van der Waals surface area contributed by atoms with Gasteiger partial charge in [-0.25, -0.2) is 0 Å². The minimum atomic E-state index is -6.01. The van der Waals surface area contributed by atoms with E-state index in [0.717, 1.165) is 24.4 Å². The lowest BCUT2D eigenvalue weighted by atomic mass is 9.92. The molecule has 0 saturated heterocycles. The van der Waals surface area contributed by atoms with Crippen LogP contribution in [0, 0.1) is 5.41 Å². The molecule has 0 radical (unpaired) electrons. The molecule has 1 aromatic heterocycles. The van der Waals surface area contributed by atoms with E-state index in [1.807, 2.05) is 0 Å². The first-order chi connectivity index (χ1) is 14.8. The van der Waals surface area contributed by atoms with Gasteiger partial charge in [0.1, 0.15) is 0 Å². The van der Waals surface area contributed by atoms with E-state index in [4.69, 9.17) is 11.1 Å². The summed E-state index contributed by atoms with van der Waals surface area (Å²) >= 11 is 0. The summed E-state index contributed by atoms with van der Waals surface area (Å²) in [4.78, 5) is 16.0. The Bertz CT molecular complexity index is 1030. The van der Waals surface area contributed by atoms with Crippen molar-refractivity contribution in [2.75, 3.05) is 5.32 Å². The van der Waals surface area contributed by atoms with Crippen molar-refractivity contribution in [2.45, 2.75) is 18.0 Å². The lowest BCUT2D eigenvalue weighted by Gasteiger charge is -2.32. The summed E-state index contributed by atoms with van der Waals surface area (Å²) in [6.45, 7) is 0. The Morgan fingerprint density at radius 2 is 1.66 bits per heavy atom. The van der Waals surface area contributed by atoms with Gasteiger partial charge in [-0.05, 0) is 29.8 Å². The molecule has 0 spiro atoms. The average molecular weight is 458 g/mol. The SMILES string of the molecule is N=CC(=CN)c1ccncc1/C=C/C(=O)Nc1ccc(C(O)(C(F)(F)F)C(F)(F)F)cc1. The first-order valence-corrected chi connectivity index (χ1v) is 8.67. The van der Waals surface area contributed by atoms with Gasteiger partial charge in [0.2, 0.25) is 5.91 Å². The number of carbonyl (C=O) groups is 1. The molecule has 0 aliphatic carbocycles. The summed E-state index contributed by atoms with van der Waals surface area (Å²) in [7, 11) is 0. The van der Waals surface area contributed by atoms with Gasteiger partial charge in [-0.15, -0.1) is 0 Å². The maximum atomic E-state index is 12.9. The zero-order valence-corrected chi connectivity index (χ0v) is 16.0. The summed E-state index contributed by atoms with van der Waals surface area (Å²) in [5, 5.41) is 19.0. The topological polar surface area (TPSA) is 112 Å². The fraction of sp³-hybridized carbons (Fsp3) is 0.150. The number of allylic oxidation sites excluding steroid dienone is 1. The summed E-state index contributed by atoms with van der Waals surface area (Å²) in [5.74, 6) is -0.748. The van der Waals surface area contributed by atoms with Crippen molar-refractivity contribution in [2.24, 2.45) is 5.73 Å². The summed E-state index contributed by atoms with van der Waals surface area (Å²) < 4.78 is 77.5. The maximum Gasteiger partial charge on any atom is 0.430 e. The molecule has 0 aliphatic rings. The predicted molar refractivity (Wildman–Crippen MR) is 105 cm³/mol. The number of hydrogen-bond donors (Lipinski definition) is 4. The first-order valence-electron chi connectivity index (χ1n) is 8.67. The van der Waals surface area contributed by atoms with Crippen molar-refractivity contribution in [1.29, 1.82) is 5.41 Å². The molecule has 2 rings (SSSR count). The third-order valence-electron chi connectivity index (χ3n) is 4.30. The van der Waals surface area contributed by atoms with Crippen molar-refractivity contribution in [1.82, 2.24) is 4.98 Å². The monoisotopic (exact) mass is 458 g/mol. The van der Waals surface area contributed by atoms with Gasteiger partial charge in [0.25, 0.3) is 5.60 Å². The Hall–Kier alpha value is -3.67. The Balaban J connectivity index is 2.22. The van der Waals surface area contributed by atoms with Crippen LogP contribution >= 0.6 is 0 Å². The highest BCUT2D eigenvalue weighted by Crippen LogP contribution is 2.50. The van der Waals surface area contributed by atoms with Gasteiger partial charge in [0.15, 0.2) is 0 Å². The molecule has 170 valence electrons. The molecule has 2 aromatic rings. The van der Waals surface area contributed by atoms with Gasteiger partial charge in [0.05, 0.1) is 0 Å². The highest BCUT2D eigenvalue weighted by molar-refractivity contribution is 6.10. The second-order valence-electron chi connectivity index (χ2n) is 6.34. The number of halogens is 6. The molecular weight excluding hydrogens is 442 g/mol. The predicted octanol–water partition coefficient (Wildman–Crippen LogP) is 3.99. The maximum absolute atomic E-state index is 12.9. The second-order valence-corrected chi connectivity index (χ2v) is 6.34. The number of hydrogen-bond acceptors (Lipinski definition) is 5. The Labute approximate surface area is 177 Å². The molecule has 0 atom stereocenters. The zero-order valence-electron chi connectivity index (χ0n) is 16.0. The van der Waals surface area contributed by atoms with Gasteiger partial charge >= 0.3 is 12.4 Å². The standard InChI is InChI=1S/C20H16F6N4O2/c21-19(22,23)18(32,20(24,25)26)14-2-4-15(5-3-14)30-17(31)6-1-12-11-29-8-7-16(12)13(9-27)10-28/h1-11,27,32H,28H2,(H,30,31)/b6-1+,13-10?,27-9?. The highest BCUT2D eigenvalue weighted by Gasteiger charge is 2.71. The third kappa shape index (κ3) is 4.97. The van der Waals surface area contributed by atoms with Gasteiger partial charge in [-0.2, -0.15) is 26.3 Å². The molecule has 1 aromatic carbocycles. The van der Waals surface area contributed by atoms with Crippen LogP contribution < -0.4 is 11.1 Å². The van der Waals surface area contributed by atoms with E-state index in [2.05, 4.69) is 10.3 Å². The number of anilines is 1. The molecule has 0 fully saturated rings. The molecule has 0 saturated carbocycles. The lowest BCUT2D eigenvalue weighted by Crippen LogP contribution is -2.53. The Kier molecular flexibility index (Phi) is 7.09. The quantitative estimate of drug-likeness (QED) is 0.298. The molecule has 6 nitrogen and oxygen atoms in total. The number of nitrogens with zero attached hydrogens (tertiary/aromatic N) is 1. The summed E-state index contributed by atoms with van der Waals surface area (Å²) in [5.41, 5.74) is 0.121. The van der Waals surface area contributed by atoms with Crippen molar-refractivity contribution in [3.05, 3.63) is 71.7 Å². The van der Waals surface area contributed by atoms with E-state index in [9.17, 15) is 36.2 Å². The number of alkyl halides is 6. The number of pyridine rings is 1. The number of aliphatic hydroxyl groups is 1. The van der Waals surface area contributed by atoms with Crippen molar-refractivity contribution in [3.8, 4) is 0 Å². The van der Waals surface area contributed by atoms with E-state index >= 15 is 0 Å². The van der Waals surface area contributed by atoms with Crippen LogP contribution in [-0.2, 0) is 10.4 Å². The third-order valence-corrected chi connectivity index (χ3v) is 4.30.